The summed E-state index contributed by atoms with van der Waals surface area (Å²) in [6, 6.07) is 9.41. The Bertz CT molecular complexity index is 434. The summed E-state index contributed by atoms with van der Waals surface area (Å²) >= 11 is 5.71. The van der Waals surface area contributed by atoms with Crippen molar-refractivity contribution in [2.45, 2.75) is 32.2 Å². The largest absolute Gasteiger partial charge is 0.335 e. The molecule has 0 fully saturated rings. The van der Waals surface area contributed by atoms with Gasteiger partial charge in [0.1, 0.15) is 0 Å². The molecular formula is C14H17ClN2O. The summed E-state index contributed by atoms with van der Waals surface area (Å²) in [5, 5.41) is 8.61. The fourth-order valence-corrected chi connectivity index (χ4v) is 1.85. The highest BCUT2D eigenvalue weighted by Crippen LogP contribution is 2.12. The normalized spacial score (nSPS) is 10.2. The summed E-state index contributed by atoms with van der Waals surface area (Å²) in [7, 11) is 0. The Morgan fingerprint density at radius 3 is 2.44 bits per heavy atom. The number of rotatable bonds is 5. The van der Waals surface area contributed by atoms with Crippen LogP contribution in [-0.2, 0) is 5.88 Å². The number of carbonyl (C=O) groups excluding carboxylic acids is 1. The number of carbonyl (C=O) groups is 1. The van der Waals surface area contributed by atoms with E-state index < -0.39 is 0 Å². The highest BCUT2D eigenvalue weighted by molar-refractivity contribution is 6.17. The maximum Gasteiger partial charge on any atom is 0.254 e. The molecule has 0 aliphatic carbocycles. The predicted molar refractivity (Wildman–Crippen MR) is 72.4 cm³/mol. The standard InChI is InChI=1S/C14H17ClN2O/c1-11(2)17(9-3-8-16)14(18)13-6-4-12(10-15)5-7-13/h4-7,11H,3,9-10H2,1-2H3. The Kier molecular flexibility index (Phi) is 5.67. The third-order valence-corrected chi connectivity index (χ3v) is 3.01. The van der Waals surface area contributed by atoms with Gasteiger partial charge in [-0.1, -0.05) is 12.1 Å². The summed E-state index contributed by atoms with van der Waals surface area (Å²) < 4.78 is 0. The van der Waals surface area contributed by atoms with Crippen LogP contribution in [-0.4, -0.2) is 23.4 Å². The molecule has 0 radical (unpaired) electrons. The smallest absolute Gasteiger partial charge is 0.254 e. The molecule has 0 saturated heterocycles. The van der Waals surface area contributed by atoms with Crippen molar-refractivity contribution < 1.29 is 4.79 Å². The van der Waals surface area contributed by atoms with Crippen LogP contribution >= 0.6 is 11.6 Å². The Morgan fingerprint density at radius 2 is 2.00 bits per heavy atom. The van der Waals surface area contributed by atoms with Gasteiger partial charge in [-0.2, -0.15) is 5.26 Å². The summed E-state index contributed by atoms with van der Waals surface area (Å²) in [4.78, 5) is 14.0. The lowest BCUT2D eigenvalue weighted by molar-refractivity contribution is 0.0710. The van der Waals surface area contributed by atoms with Crippen LogP contribution in [0, 0.1) is 11.3 Å². The van der Waals surface area contributed by atoms with Gasteiger partial charge in [0, 0.05) is 24.0 Å². The minimum atomic E-state index is -0.0404. The molecule has 0 aliphatic rings. The zero-order valence-corrected chi connectivity index (χ0v) is 11.4. The molecule has 1 amide bonds. The van der Waals surface area contributed by atoms with Crippen molar-refractivity contribution >= 4 is 17.5 Å². The van der Waals surface area contributed by atoms with E-state index in [2.05, 4.69) is 6.07 Å². The van der Waals surface area contributed by atoms with Crippen molar-refractivity contribution in [3.8, 4) is 6.07 Å². The van der Waals surface area contributed by atoms with Crippen molar-refractivity contribution in [2.24, 2.45) is 0 Å². The number of hydrogen-bond acceptors (Lipinski definition) is 2. The van der Waals surface area contributed by atoms with Gasteiger partial charge >= 0.3 is 0 Å². The first-order valence-electron chi connectivity index (χ1n) is 5.93. The fraction of sp³-hybridized carbons (Fsp3) is 0.429. The minimum absolute atomic E-state index is 0.0404. The molecule has 96 valence electrons. The van der Waals surface area contributed by atoms with Crippen molar-refractivity contribution in [1.29, 1.82) is 5.26 Å². The molecule has 0 heterocycles. The summed E-state index contributed by atoms with van der Waals surface area (Å²) in [6.45, 7) is 4.36. The maximum atomic E-state index is 12.3. The van der Waals surface area contributed by atoms with Gasteiger partial charge in [-0.05, 0) is 31.5 Å². The highest BCUT2D eigenvalue weighted by Gasteiger charge is 2.18. The summed E-state index contributed by atoms with van der Waals surface area (Å²) in [5.41, 5.74) is 1.62. The summed E-state index contributed by atoms with van der Waals surface area (Å²) in [6.07, 6.45) is 0.351. The summed E-state index contributed by atoms with van der Waals surface area (Å²) in [5.74, 6) is 0.401. The van der Waals surface area contributed by atoms with E-state index in [-0.39, 0.29) is 11.9 Å². The van der Waals surface area contributed by atoms with Crippen molar-refractivity contribution in [2.75, 3.05) is 6.54 Å². The van der Waals surface area contributed by atoms with Gasteiger partial charge in [0.25, 0.3) is 5.91 Å². The average molecular weight is 265 g/mol. The number of amides is 1. The molecule has 0 aromatic heterocycles. The predicted octanol–water partition coefficient (Wildman–Crippen LogP) is 3.19. The second-order valence-corrected chi connectivity index (χ2v) is 4.60. The van der Waals surface area contributed by atoms with Crippen LogP contribution in [0.4, 0.5) is 0 Å². The highest BCUT2D eigenvalue weighted by atomic mass is 35.5. The second kappa shape index (κ2) is 7.03. The molecule has 0 aliphatic heterocycles. The first-order chi connectivity index (χ1) is 8.60. The molecule has 3 nitrogen and oxygen atoms in total. The number of nitrogens with zero attached hydrogens (tertiary/aromatic N) is 2. The van der Waals surface area contributed by atoms with Crippen LogP contribution in [0.2, 0.25) is 0 Å². The van der Waals surface area contributed by atoms with Gasteiger partial charge < -0.3 is 4.90 Å². The van der Waals surface area contributed by atoms with E-state index in [1.165, 1.54) is 0 Å². The molecule has 0 unspecified atom stereocenters. The van der Waals surface area contributed by atoms with E-state index >= 15 is 0 Å². The van der Waals surface area contributed by atoms with Gasteiger partial charge in [-0.15, -0.1) is 11.6 Å². The number of benzene rings is 1. The zero-order chi connectivity index (χ0) is 13.5. The van der Waals surface area contributed by atoms with Crippen molar-refractivity contribution in [3.63, 3.8) is 0 Å². The molecule has 4 heteroatoms. The average Bonchev–Trinajstić information content (AvgIpc) is 2.38. The van der Waals surface area contributed by atoms with E-state index in [1.807, 2.05) is 26.0 Å². The minimum Gasteiger partial charge on any atom is -0.335 e. The number of halogens is 1. The molecule has 0 N–H and O–H groups in total. The lowest BCUT2D eigenvalue weighted by Gasteiger charge is -2.26. The van der Waals surface area contributed by atoms with Gasteiger partial charge in [-0.3, -0.25) is 4.79 Å². The fourth-order valence-electron chi connectivity index (χ4n) is 1.67. The lowest BCUT2D eigenvalue weighted by Crippen LogP contribution is -2.37. The van der Waals surface area contributed by atoms with Crippen molar-refractivity contribution in [1.82, 2.24) is 4.90 Å². The third-order valence-electron chi connectivity index (χ3n) is 2.70. The molecule has 0 saturated carbocycles. The topological polar surface area (TPSA) is 44.1 Å². The van der Waals surface area contributed by atoms with E-state index in [4.69, 9.17) is 16.9 Å². The first-order valence-corrected chi connectivity index (χ1v) is 6.46. The van der Waals surface area contributed by atoms with Crippen LogP contribution in [0.5, 0.6) is 0 Å². The van der Waals surface area contributed by atoms with Crippen LogP contribution in [0.1, 0.15) is 36.2 Å². The van der Waals surface area contributed by atoms with Crippen LogP contribution < -0.4 is 0 Å². The molecule has 18 heavy (non-hydrogen) atoms. The van der Waals surface area contributed by atoms with E-state index in [0.29, 0.717) is 24.4 Å². The molecule has 1 aromatic carbocycles. The van der Waals surface area contributed by atoms with Gasteiger partial charge in [0.05, 0.1) is 12.5 Å². The lowest BCUT2D eigenvalue weighted by atomic mass is 10.1. The Hall–Kier alpha value is -1.53. The van der Waals surface area contributed by atoms with Gasteiger partial charge in [-0.25, -0.2) is 0 Å². The monoisotopic (exact) mass is 264 g/mol. The quantitative estimate of drug-likeness (QED) is 0.767. The molecular weight excluding hydrogens is 248 g/mol. The number of alkyl halides is 1. The zero-order valence-electron chi connectivity index (χ0n) is 10.7. The van der Waals surface area contributed by atoms with Crippen LogP contribution in [0.25, 0.3) is 0 Å². The number of nitriles is 1. The Labute approximate surface area is 113 Å². The second-order valence-electron chi connectivity index (χ2n) is 4.33. The Morgan fingerprint density at radius 1 is 1.39 bits per heavy atom. The molecule has 0 spiro atoms. The maximum absolute atomic E-state index is 12.3. The Balaban J connectivity index is 2.84. The molecule has 0 bridgehead atoms. The van der Waals surface area contributed by atoms with Crippen molar-refractivity contribution in [3.05, 3.63) is 35.4 Å². The number of hydrogen-bond donors (Lipinski definition) is 0. The van der Waals surface area contributed by atoms with Gasteiger partial charge in [0.15, 0.2) is 0 Å². The van der Waals surface area contributed by atoms with E-state index in [0.717, 1.165) is 5.56 Å². The SMILES string of the molecule is CC(C)N(CCC#N)C(=O)c1ccc(CCl)cc1. The van der Waals surface area contributed by atoms with E-state index in [1.54, 1.807) is 17.0 Å². The molecule has 1 rings (SSSR count). The first kappa shape index (κ1) is 14.5. The molecule has 0 atom stereocenters. The van der Waals surface area contributed by atoms with Gasteiger partial charge in [0.2, 0.25) is 0 Å². The van der Waals surface area contributed by atoms with Crippen LogP contribution in [0.15, 0.2) is 24.3 Å². The third kappa shape index (κ3) is 3.75. The van der Waals surface area contributed by atoms with E-state index in [9.17, 15) is 4.79 Å². The van der Waals surface area contributed by atoms with Crippen LogP contribution in [0.3, 0.4) is 0 Å². The molecule has 1 aromatic rings.